The quantitative estimate of drug-likeness (QED) is 0.396. The highest BCUT2D eigenvalue weighted by atomic mass is 31.1. The lowest BCUT2D eigenvalue weighted by Gasteiger charge is -1.93. The van der Waals surface area contributed by atoms with Crippen LogP contribution in [0.5, 0.6) is 0 Å². The third kappa shape index (κ3) is 6.11. The fourth-order valence-electron chi connectivity index (χ4n) is 0.134. The summed E-state index contributed by atoms with van der Waals surface area (Å²) in [6.45, 7) is 0.133. The highest BCUT2D eigenvalue weighted by molar-refractivity contribution is 7.32. The molecule has 0 aromatic rings. The Balaban J connectivity index is 2.82. The summed E-state index contributed by atoms with van der Waals surface area (Å²) in [6.07, 6.45) is 0. The van der Waals surface area contributed by atoms with Crippen molar-refractivity contribution in [3.63, 3.8) is 0 Å². The molecule has 4 nitrogen and oxygen atoms in total. The maximum absolute atomic E-state index is 9.68. The van der Waals surface area contributed by atoms with E-state index in [1.807, 2.05) is 0 Å². The maximum atomic E-state index is 9.68. The van der Waals surface area contributed by atoms with Crippen molar-refractivity contribution in [3.8, 4) is 0 Å². The van der Waals surface area contributed by atoms with Crippen LogP contribution in [0.25, 0.3) is 0 Å². The van der Waals surface area contributed by atoms with E-state index in [0.29, 0.717) is 0 Å². The minimum Gasteiger partial charge on any atom is -0.326 e. The van der Waals surface area contributed by atoms with Gasteiger partial charge in [0, 0.05) is 0 Å². The van der Waals surface area contributed by atoms with Gasteiger partial charge in [-0.1, -0.05) is 0 Å². The number of hydrogen-bond acceptors (Lipinski definition) is 3. The van der Waals surface area contributed by atoms with Crippen molar-refractivity contribution < 1.29 is 14.0 Å². The molecule has 0 aliphatic heterocycles. The van der Waals surface area contributed by atoms with Gasteiger partial charge in [-0.05, 0) is 7.05 Å². The van der Waals surface area contributed by atoms with E-state index in [9.17, 15) is 4.57 Å². The molecule has 7 heavy (non-hydrogen) atoms. The average Bonchev–Trinajstić information content (AvgIpc) is 1.61. The highest BCUT2D eigenvalue weighted by Crippen LogP contribution is 2.11. The van der Waals surface area contributed by atoms with Crippen molar-refractivity contribution in [2.45, 2.75) is 0 Å². The zero-order chi connectivity index (χ0) is 5.70. The molecule has 0 spiro atoms. The third-order valence-corrected chi connectivity index (χ3v) is 0.731. The number of hydrogen-bond donors (Lipinski definition) is 2. The second-order valence-electron chi connectivity index (χ2n) is 0.908. The van der Waals surface area contributed by atoms with Crippen LogP contribution >= 0.6 is 8.25 Å². The minimum atomic E-state index is -2.71. The van der Waals surface area contributed by atoms with Crippen molar-refractivity contribution >= 4 is 8.25 Å². The van der Waals surface area contributed by atoms with Gasteiger partial charge in [0.05, 0.1) is 0 Å². The van der Waals surface area contributed by atoms with Crippen LogP contribution < -0.4 is 5.32 Å². The number of rotatable bonds is 3. The molecule has 1 unspecified atom stereocenters. The Bertz CT molecular complexity index is 66.0. The van der Waals surface area contributed by atoms with Crippen molar-refractivity contribution in [1.29, 1.82) is 0 Å². The van der Waals surface area contributed by atoms with Crippen LogP contribution in [0, 0.1) is 0 Å². The predicted octanol–water partition coefficient (Wildman–Crippen LogP) is -0.438. The summed E-state index contributed by atoms with van der Waals surface area (Å²) in [7, 11) is -1.08. The molecular weight excluding hydrogens is 117 g/mol. The van der Waals surface area contributed by atoms with Gasteiger partial charge in [0.1, 0.15) is 6.73 Å². The van der Waals surface area contributed by atoms with Crippen LogP contribution in [0.3, 0.4) is 0 Å². The van der Waals surface area contributed by atoms with Crippen molar-refractivity contribution in [2.24, 2.45) is 0 Å². The third-order valence-electron chi connectivity index (χ3n) is 0.340. The summed E-state index contributed by atoms with van der Waals surface area (Å²) in [4.78, 5) is 7.97. The van der Waals surface area contributed by atoms with Gasteiger partial charge in [-0.2, -0.15) is 0 Å². The van der Waals surface area contributed by atoms with Gasteiger partial charge in [0.15, 0.2) is 0 Å². The number of nitrogens with one attached hydrogen (secondary N) is 1. The Morgan fingerprint density at radius 3 is 2.71 bits per heavy atom. The van der Waals surface area contributed by atoms with Crippen LogP contribution in [0.1, 0.15) is 0 Å². The van der Waals surface area contributed by atoms with E-state index >= 15 is 0 Å². The van der Waals surface area contributed by atoms with E-state index in [2.05, 4.69) is 9.84 Å². The van der Waals surface area contributed by atoms with Crippen LogP contribution in [0.2, 0.25) is 0 Å². The van der Waals surface area contributed by atoms with Crippen LogP contribution in [0.15, 0.2) is 0 Å². The average molecular weight is 125 g/mol. The van der Waals surface area contributed by atoms with Crippen molar-refractivity contribution in [2.75, 3.05) is 13.8 Å². The molecule has 2 N–H and O–H groups in total. The molecule has 0 rings (SSSR count). The topological polar surface area (TPSA) is 58.6 Å². The minimum absolute atomic E-state index is 0.133. The Morgan fingerprint density at radius 1 is 2.00 bits per heavy atom. The molecule has 0 heterocycles. The lowest BCUT2D eigenvalue weighted by atomic mass is 11.2. The molecule has 0 aromatic carbocycles. The second kappa shape index (κ2) is 4.27. The van der Waals surface area contributed by atoms with Gasteiger partial charge in [-0.15, -0.1) is 0 Å². The standard InChI is InChI=1S/C2H8NO3P/c1-3-2-6-7(4)5/h3,7H,2H2,1H3,(H,4,5). The van der Waals surface area contributed by atoms with Gasteiger partial charge in [-0.3, -0.25) is 14.4 Å². The fraction of sp³-hybridized carbons (Fsp3) is 1.00. The first-order chi connectivity index (χ1) is 3.27. The van der Waals surface area contributed by atoms with Gasteiger partial charge in [0.2, 0.25) is 0 Å². The van der Waals surface area contributed by atoms with E-state index in [0.717, 1.165) is 0 Å². The molecule has 0 fully saturated rings. The Kier molecular flexibility index (Phi) is 4.34. The summed E-state index contributed by atoms with van der Waals surface area (Å²) in [5.41, 5.74) is 0. The SMILES string of the molecule is CNCO[PH](=O)O. The zero-order valence-corrected chi connectivity index (χ0v) is 4.97. The smallest absolute Gasteiger partial charge is 0.317 e. The van der Waals surface area contributed by atoms with E-state index < -0.39 is 8.25 Å². The molecule has 0 saturated heterocycles. The molecule has 0 saturated carbocycles. The molecule has 0 bridgehead atoms. The van der Waals surface area contributed by atoms with Gasteiger partial charge in [-0.25, -0.2) is 0 Å². The molecule has 0 radical (unpaired) electrons. The Hall–Kier alpha value is 0.110. The molecule has 0 aliphatic carbocycles. The summed E-state index contributed by atoms with van der Waals surface area (Å²) in [5, 5.41) is 2.54. The summed E-state index contributed by atoms with van der Waals surface area (Å²) >= 11 is 0. The summed E-state index contributed by atoms with van der Waals surface area (Å²) in [5.74, 6) is 0. The van der Waals surface area contributed by atoms with Crippen molar-refractivity contribution in [3.05, 3.63) is 0 Å². The van der Waals surface area contributed by atoms with Gasteiger partial charge in [0.25, 0.3) is 0 Å². The monoisotopic (exact) mass is 125 g/mol. The highest BCUT2D eigenvalue weighted by Gasteiger charge is 1.84. The Morgan fingerprint density at radius 2 is 2.57 bits per heavy atom. The molecule has 5 heteroatoms. The van der Waals surface area contributed by atoms with E-state index in [4.69, 9.17) is 4.89 Å². The lowest BCUT2D eigenvalue weighted by Crippen LogP contribution is -2.07. The summed E-state index contributed by atoms with van der Waals surface area (Å²) < 4.78 is 13.9. The van der Waals surface area contributed by atoms with Crippen molar-refractivity contribution in [1.82, 2.24) is 5.32 Å². The Labute approximate surface area is 42.4 Å². The van der Waals surface area contributed by atoms with E-state index in [1.54, 1.807) is 7.05 Å². The lowest BCUT2D eigenvalue weighted by molar-refractivity contribution is 0.266. The van der Waals surface area contributed by atoms with Crippen LogP contribution in [-0.4, -0.2) is 18.7 Å². The molecule has 0 amide bonds. The first-order valence-corrected chi connectivity index (χ1v) is 3.04. The first-order valence-electron chi connectivity index (χ1n) is 1.77. The fourth-order valence-corrected chi connectivity index (χ4v) is 0.402. The van der Waals surface area contributed by atoms with E-state index in [1.165, 1.54) is 0 Å². The largest absolute Gasteiger partial charge is 0.326 e. The molecule has 44 valence electrons. The molecule has 0 aromatic heterocycles. The first kappa shape index (κ1) is 7.11. The predicted molar refractivity (Wildman–Crippen MR) is 26.2 cm³/mol. The van der Waals surface area contributed by atoms with E-state index in [-0.39, 0.29) is 6.73 Å². The normalized spacial score (nSPS) is 14.0. The molecule has 1 atom stereocenters. The zero-order valence-electron chi connectivity index (χ0n) is 3.97. The van der Waals surface area contributed by atoms with Crippen LogP contribution in [-0.2, 0) is 9.09 Å². The van der Waals surface area contributed by atoms with Gasteiger partial charge >= 0.3 is 8.25 Å². The molecule has 0 aliphatic rings. The second-order valence-corrected chi connectivity index (χ2v) is 1.73. The summed E-state index contributed by atoms with van der Waals surface area (Å²) in [6, 6.07) is 0. The van der Waals surface area contributed by atoms with Gasteiger partial charge < -0.3 is 4.89 Å². The maximum Gasteiger partial charge on any atom is 0.317 e. The molecular formula is C2H8NO3P. The van der Waals surface area contributed by atoms with Crippen LogP contribution in [0.4, 0.5) is 0 Å².